The van der Waals surface area contributed by atoms with E-state index in [1.165, 1.54) is 6.39 Å². The number of benzene rings is 1. The molecular formula is C17H18N4O2. The monoisotopic (exact) mass is 310 g/mol. The first-order valence-corrected chi connectivity index (χ1v) is 7.45. The Bertz CT molecular complexity index is 831. The molecule has 0 atom stereocenters. The highest BCUT2D eigenvalue weighted by Gasteiger charge is 2.15. The molecule has 2 aromatic heterocycles. The quantitative estimate of drug-likeness (QED) is 0.802. The average molecular weight is 310 g/mol. The van der Waals surface area contributed by atoms with Crippen molar-refractivity contribution in [1.29, 1.82) is 0 Å². The van der Waals surface area contributed by atoms with E-state index in [-0.39, 0.29) is 5.91 Å². The first-order chi connectivity index (χ1) is 11.1. The molecule has 118 valence electrons. The van der Waals surface area contributed by atoms with Gasteiger partial charge in [0.25, 0.3) is 5.91 Å². The molecule has 2 heterocycles. The Balaban J connectivity index is 1.78. The average Bonchev–Trinajstić information content (AvgIpc) is 3.16. The number of nitrogens with zero attached hydrogens (tertiary/aromatic N) is 3. The van der Waals surface area contributed by atoms with Gasteiger partial charge in [-0.2, -0.15) is 0 Å². The zero-order valence-electron chi connectivity index (χ0n) is 13.3. The van der Waals surface area contributed by atoms with Crippen molar-refractivity contribution in [3.63, 3.8) is 0 Å². The number of hydrogen-bond acceptors (Lipinski definition) is 4. The van der Waals surface area contributed by atoms with Crippen LogP contribution >= 0.6 is 0 Å². The zero-order valence-corrected chi connectivity index (χ0v) is 13.3. The second-order valence-electron chi connectivity index (χ2n) is 5.26. The maximum Gasteiger partial charge on any atom is 0.277 e. The molecule has 0 unspecified atom stereocenters. The molecule has 1 aromatic carbocycles. The van der Waals surface area contributed by atoms with Crippen LogP contribution in [0.3, 0.4) is 0 Å². The third-order valence-corrected chi connectivity index (χ3v) is 3.83. The molecule has 0 saturated carbocycles. The first kappa shape index (κ1) is 15.0. The Hall–Kier alpha value is -2.89. The number of nitrogens with one attached hydrogen (secondary N) is 1. The largest absolute Gasteiger partial charge is 0.448 e. The van der Waals surface area contributed by atoms with Gasteiger partial charge in [-0.3, -0.25) is 4.79 Å². The molecule has 6 heteroatoms. The second-order valence-corrected chi connectivity index (χ2v) is 5.26. The number of rotatable bonds is 4. The number of amides is 1. The van der Waals surface area contributed by atoms with Gasteiger partial charge in [-0.25, -0.2) is 9.97 Å². The van der Waals surface area contributed by atoms with E-state index >= 15 is 0 Å². The van der Waals surface area contributed by atoms with Crippen LogP contribution in [0.2, 0.25) is 0 Å². The SMILES string of the molecule is CCc1ocnc1C(=O)Nc1ccc(-n2cnc(C)c2C)cc1. The topological polar surface area (TPSA) is 73.0 Å². The van der Waals surface area contributed by atoms with Gasteiger partial charge in [-0.1, -0.05) is 6.92 Å². The second kappa shape index (κ2) is 6.08. The van der Waals surface area contributed by atoms with Crippen molar-refractivity contribution in [2.45, 2.75) is 27.2 Å². The standard InChI is InChI=1S/C17H18N4O2/c1-4-15-16(19-10-23-15)17(22)20-13-5-7-14(8-6-13)21-9-18-11(2)12(21)3/h5-10H,4H2,1-3H3,(H,20,22). The van der Waals surface area contributed by atoms with E-state index in [1.807, 2.05) is 49.6 Å². The molecule has 1 amide bonds. The molecule has 0 spiro atoms. The van der Waals surface area contributed by atoms with E-state index in [1.54, 1.807) is 6.33 Å². The molecule has 0 saturated heterocycles. The molecule has 0 aliphatic rings. The maximum atomic E-state index is 12.2. The van der Waals surface area contributed by atoms with Crippen molar-refractivity contribution in [1.82, 2.24) is 14.5 Å². The van der Waals surface area contributed by atoms with Crippen LogP contribution in [0.15, 0.2) is 41.4 Å². The van der Waals surface area contributed by atoms with Crippen LogP contribution in [0.4, 0.5) is 5.69 Å². The Morgan fingerprint density at radius 1 is 1.22 bits per heavy atom. The van der Waals surface area contributed by atoms with E-state index in [0.717, 1.165) is 17.1 Å². The van der Waals surface area contributed by atoms with Crippen molar-refractivity contribution >= 4 is 11.6 Å². The number of carbonyl (C=O) groups excluding carboxylic acids is 1. The van der Waals surface area contributed by atoms with Crippen LogP contribution in [0.5, 0.6) is 0 Å². The lowest BCUT2D eigenvalue weighted by molar-refractivity contribution is 0.102. The Labute approximate surface area is 134 Å². The molecule has 0 radical (unpaired) electrons. The van der Waals surface area contributed by atoms with Crippen molar-refractivity contribution < 1.29 is 9.21 Å². The number of oxazole rings is 1. The fraction of sp³-hybridized carbons (Fsp3) is 0.235. The van der Waals surface area contributed by atoms with Gasteiger partial charge < -0.3 is 14.3 Å². The minimum Gasteiger partial charge on any atom is -0.448 e. The highest BCUT2D eigenvalue weighted by molar-refractivity contribution is 6.03. The zero-order chi connectivity index (χ0) is 16.4. The molecule has 0 fully saturated rings. The lowest BCUT2D eigenvalue weighted by atomic mass is 10.2. The number of aromatic nitrogens is 3. The normalized spacial score (nSPS) is 10.7. The third-order valence-electron chi connectivity index (χ3n) is 3.83. The summed E-state index contributed by atoms with van der Waals surface area (Å²) in [5, 5.41) is 2.83. The molecule has 6 nitrogen and oxygen atoms in total. The van der Waals surface area contributed by atoms with E-state index in [2.05, 4.69) is 15.3 Å². The molecule has 0 aliphatic carbocycles. The van der Waals surface area contributed by atoms with Crippen molar-refractivity contribution in [3.05, 3.63) is 59.8 Å². The fourth-order valence-corrected chi connectivity index (χ4v) is 2.36. The van der Waals surface area contributed by atoms with Gasteiger partial charge in [-0.15, -0.1) is 0 Å². The number of carbonyl (C=O) groups is 1. The number of anilines is 1. The van der Waals surface area contributed by atoms with Crippen molar-refractivity contribution in [3.8, 4) is 5.69 Å². The maximum absolute atomic E-state index is 12.2. The number of imidazole rings is 1. The van der Waals surface area contributed by atoms with Gasteiger partial charge in [0.15, 0.2) is 12.1 Å². The summed E-state index contributed by atoms with van der Waals surface area (Å²) in [4.78, 5) is 20.5. The Morgan fingerprint density at radius 2 is 1.96 bits per heavy atom. The smallest absolute Gasteiger partial charge is 0.277 e. The first-order valence-electron chi connectivity index (χ1n) is 7.45. The summed E-state index contributed by atoms with van der Waals surface area (Å²) in [5.74, 6) is 0.321. The summed E-state index contributed by atoms with van der Waals surface area (Å²) < 4.78 is 7.19. The van der Waals surface area contributed by atoms with Crippen LogP contribution < -0.4 is 5.32 Å². The highest BCUT2D eigenvalue weighted by atomic mass is 16.3. The molecule has 0 bridgehead atoms. The molecule has 1 N–H and O–H groups in total. The van der Waals surface area contributed by atoms with E-state index in [0.29, 0.717) is 23.6 Å². The summed E-state index contributed by atoms with van der Waals surface area (Å²) in [5.41, 5.74) is 4.13. The molecular weight excluding hydrogens is 292 g/mol. The van der Waals surface area contributed by atoms with Crippen LogP contribution in [0.1, 0.15) is 34.6 Å². The summed E-state index contributed by atoms with van der Waals surface area (Å²) in [6, 6.07) is 7.59. The highest BCUT2D eigenvalue weighted by Crippen LogP contribution is 2.18. The molecule has 23 heavy (non-hydrogen) atoms. The Kier molecular flexibility index (Phi) is 3.97. The van der Waals surface area contributed by atoms with Gasteiger partial charge in [0, 0.05) is 23.5 Å². The van der Waals surface area contributed by atoms with Crippen LogP contribution in [0.25, 0.3) is 5.69 Å². The van der Waals surface area contributed by atoms with Crippen molar-refractivity contribution in [2.75, 3.05) is 5.32 Å². The van der Waals surface area contributed by atoms with Gasteiger partial charge >= 0.3 is 0 Å². The van der Waals surface area contributed by atoms with Gasteiger partial charge in [0.1, 0.15) is 5.76 Å². The van der Waals surface area contributed by atoms with Crippen molar-refractivity contribution in [2.24, 2.45) is 0 Å². The molecule has 3 rings (SSSR count). The fourth-order valence-electron chi connectivity index (χ4n) is 2.36. The predicted octanol–water partition coefficient (Wildman–Crippen LogP) is 3.29. The van der Waals surface area contributed by atoms with E-state index in [9.17, 15) is 4.79 Å². The lowest BCUT2D eigenvalue weighted by Gasteiger charge is -2.08. The number of aryl methyl sites for hydroxylation is 2. The predicted molar refractivity (Wildman–Crippen MR) is 86.9 cm³/mol. The molecule has 3 aromatic rings. The summed E-state index contributed by atoms with van der Waals surface area (Å²) in [6.07, 6.45) is 3.71. The Morgan fingerprint density at radius 3 is 2.57 bits per heavy atom. The van der Waals surface area contributed by atoms with Gasteiger partial charge in [0.2, 0.25) is 0 Å². The third kappa shape index (κ3) is 2.88. The van der Waals surface area contributed by atoms with Gasteiger partial charge in [0.05, 0.1) is 12.0 Å². The minimum atomic E-state index is -0.266. The minimum absolute atomic E-state index is 0.266. The van der Waals surface area contributed by atoms with Crippen LogP contribution in [-0.2, 0) is 6.42 Å². The van der Waals surface area contributed by atoms with Crippen LogP contribution in [0, 0.1) is 13.8 Å². The number of hydrogen-bond donors (Lipinski definition) is 1. The van der Waals surface area contributed by atoms with E-state index < -0.39 is 0 Å². The lowest BCUT2D eigenvalue weighted by Crippen LogP contribution is -2.14. The van der Waals surface area contributed by atoms with Crippen LogP contribution in [-0.4, -0.2) is 20.4 Å². The molecule has 0 aliphatic heterocycles. The summed E-state index contributed by atoms with van der Waals surface area (Å²) >= 11 is 0. The summed E-state index contributed by atoms with van der Waals surface area (Å²) in [7, 11) is 0. The van der Waals surface area contributed by atoms with E-state index in [4.69, 9.17) is 4.42 Å². The van der Waals surface area contributed by atoms with Gasteiger partial charge in [-0.05, 0) is 38.1 Å². The summed E-state index contributed by atoms with van der Waals surface area (Å²) in [6.45, 7) is 5.92.